The lowest BCUT2D eigenvalue weighted by atomic mass is 10.1. The van der Waals surface area contributed by atoms with E-state index in [9.17, 15) is 21.9 Å². The number of hydrogen-bond acceptors (Lipinski definition) is 10. The highest BCUT2D eigenvalue weighted by Crippen LogP contribution is 2.39. The largest absolute Gasteiger partial charge is 0.387 e. The van der Waals surface area contributed by atoms with Crippen molar-refractivity contribution in [1.29, 1.82) is 0 Å². The molecule has 2 aromatic rings. The van der Waals surface area contributed by atoms with Gasteiger partial charge in [-0.1, -0.05) is 35.4 Å². The smallest absolute Gasteiger partial charge is 0.297 e. The summed E-state index contributed by atoms with van der Waals surface area (Å²) in [5, 5.41) is 10.8. The number of aryl methyl sites for hydroxylation is 2. The molecule has 0 radical (unpaired) electrons. The Balaban J connectivity index is 1.58. The van der Waals surface area contributed by atoms with Crippen molar-refractivity contribution in [3.63, 3.8) is 0 Å². The van der Waals surface area contributed by atoms with Gasteiger partial charge in [-0.05, 0) is 52.0 Å². The Morgan fingerprint density at radius 3 is 1.91 bits per heavy atom. The van der Waals surface area contributed by atoms with Gasteiger partial charge in [0.05, 0.1) is 16.4 Å². The summed E-state index contributed by atoms with van der Waals surface area (Å²) in [5.41, 5.74) is 1.69. The van der Waals surface area contributed by atoms with Crippen LogP contribution < -0.4 is 0 Å². The molecular formula is C23H28O10S2. The van der Waals surface area contributed by atoms with Gasteiger partial charge in [0.2, 0.25) is 0 Å². The second-order valence-electron chi connectivity index (χ2n) is 9.01. The van der Waals surface area contributed by atoms with E-state index in [1.165, 1.54) is 24.3 Å². The highest BCUT2D eigenvalue weighted by atomic mass is 32.2. The van der Waals surface area contributed by atoms with E-state index in [2.05, 4.69) is 0 Å². The van der Waals surface area contributed by atoms with Crippen molar-refractivity contribution in [2.24, 2.45) is 0 Å². The molecule has 0 aromatic heterocycles. The Morgan fingerprint density at radius 2 is 1.40 bits per heavy atom. The molecule has 192 valence electrons. The van der Waals surface area contributed by atoms with Gasteiger partial charge in [0, 0.05) is 0 Å². The zero-order chi connectivity index (χ0) is 25.6. The number of aliphatic hydroxyl groups excluding tert-OH is 1. The average Bonchev–Trinajstić information content (AvgIpc) is 3.24. The summed E-state index contributed by atoms with van der Waals surface area (Å²) >= 11 is 0. The van der Waals surface area contributed by atoms with E-state index < -0.39 is 63.3 Å². The van der Waals surface area contributed by atoms with E-state index in [4.69, 9.17) is 22.6 Å². The molecule has 4 rings (SSSR count). The fourth-order valence-corrected chi connectivity index (χ4v) is 5.84. The van der Waals surface area contributed by atoms with Crippen LogP contribution in [0.5, 0.6) is 0 Å². The van der Waals surface area contributed by atoms with Crippen LogP contribution in [0.25, 0.3) is 0 Å². The number of hydrogen-bond donors (Lipinski definition) is 1. The van der Waals surface area contributed by atoms with E-state index in [-0.39, 0.29) is 9.79 Å². The van der Waals surface area contributed by atoms with E-state index in [0.29, 0.717) is 0 Å². The van der Waals surface area contributed by atoms with Crippen molar-refractivity contribution in [2.75, 3.05) is 6.61 Å². The van der Waals surface area contributed by atoms with Gasteiger partial charge in [-0.3, -0.25) is 8.37 Å². The van der Waals surface area contributed by atoms with Crippen molar-refractivity contribution in [3.05, 3.63) is 59.7 Å². The predicted molar refractivity (Wildman–Crippen MR) is 122 cm³/mol. The van der Waals surface area contributed by atoms with Gasteiger partial charge in [-0.2, -0.15) is 16.8 Å². The van der Waals surface area contributed by atoms with Crippen molar-refractivity contribution < 1.29 is 44.5 Å². The summed E-state index contributed by atoms with van der Waals surface area (Å²) < 4.78 is 78.9. The molecule has 2 fully saturated rings. The van der Waals surface area contributed by atoms with Crippen molar-refractivity contribution in [1.82, 2.24) is 0 Å². The lowest BCUT2D eigenvalue weighted by Crippen LogP contribution is -2.45. The summed E-state index contributed by atoms with van der Waals surface area (Å²) in [6.07, 6.45) is -6.12. The van der Waals surface area contributed by atoms with Gasteiger partial charge in [0.1, 0.15) is 24.4 Å². The maximum Gasteiger partial charge on any atom is 0.297 e. The Kier molecular flexibility index (Phi) is 7.12. The highest BCUT2D eigenvalue weighted by Gasteiger charge is 2.57. The van der Waals surface area contributed by atoms with E-state index in [1.807, 2.05) is 0 Å². The second kappa shape index (κ2) is 9.52. The number of benzene rings is 2. The molecule has 1 N–H and O–H groups in total. The number of fused-ring (bicyclic) bond motifs is 1. The van der Waals surface area contributed by atoms with Crippen LogP contribution >= 0.6 is 0 Å². The van der Waals surface area contributed by atoms with Gasteiger partial charge in [-0.15, -0.1) is 0 Å². The molecule has 2 unspecified atom stereocenters. The van der Waals surface area contributed by atoms with Gasteiger partial charge >= 0.3 is 0 Å². The Morgan fingerprint density at radius 1 is 0.886 bits per heavy atom. The Bertz CT molecular complexity index is 1250. The molecule has 10 nitrogen and oxygen atoms in total. The van der Waals surface area contributed by atoms with Gasteiger partial charge in [0.25, 0.3) is 20.2 Å². The first-order chi connectivity index (χ1) is 16.3. The maximum atomic E-state index is 13.0. The first-order valence-corrected chi connectivity index (χ1v) is 13.7. The SMILES string of the molecule is Cc1ccc(S(=O)(=O)OCC(OS(=O)(=O)c2ccc(C)cc2)[C@H]2OC3OC(C)(C)O[C@@H]3[C@@H]2O)cc1. The molecule has 2 saturated heterocycles. The fraction of sp³-hybridized carbons (Fsp3) is 0.478. The van der Waals surface area contributed by atoms with Crippen LogP contribution in [0.2, 0.25) is 0 Å². The van der Waals surface area contributed by atoms with Crippen LogP contribution in [0.15, 0.2) is 58.3 Å². The highest BCUT2D eigenvalue weighted by molar-refractivity contribution is 7.87. The summed E-state index contributed by atoms with van der Waals surface area (Å²) in [6, 6.07) is 11.9. The van der Waals surface area contributed by atoms with Gasteiger partial charge in [-0.25, -0.2) is 0 Å². The normalized spacial score (nSPS) is 27.0. The van der Waals surface area contributed by atoms with Crippen LogP contribution in [0.4, 0.5) is 0 Å². The number of rotatable bonds is 8. The molecule has 2 heterocycles. The molecule has 0 saturated carbocycles. The van der Waals surface area contributed by atoms with Crippen LogP contribution in [-0.2, 0) is 42.8 Å². The Hall–Kier alpha value is -1.90. The molecular weight excluding hydrogens is 500 g/mol. The second-order valence-corrected chi connectivity index (χ2v) is 12.2. The predicted octanol–water partition coefficient (Wildman–Crippen LogP) is 2.02. The standard InChI is InChI=1S/C23H28O10S2/c1-14-5-9-16(10-6-14)34(25,26)29-13-18(33-35(27,28)17-11-7-15(2)8-12-17)20-19(24)21-22(30-20)32-23(3,4)31-21/h5-12,18-22,24H,13H2,1-4H3/t18?,19-,20-,21-,22?/m1/s1. The Labute approximate surface area is 205 Å². The lowest BCUT2D eigenvalue weighted by molar-refractivity contribution is -0.225. The molecule has 0 spiro atoms. The maximum absolute atomic E-state index is 13.0. The molecule has 0 bridgehead atoms. The van der Waals surface area contributed by atoms with Crippen LogP contribution in [0.1, 0.15) is 25.0 Å². The van der Waals surface area contributed by atoms with Crippen molar-refractivity contribution >= 4 is 20.2 Å². The monoisotopic (exact) mass is 528 g/mol. The molecule has 12 heteroatoms. The third-order valence-corrected chi connectivity index (χ3v) is 8.32. The third kappa shape index (κ3) is 5.75. The van der Waals surface area contributed by atoms with Gasteiger partial charge in [0.15, 0.2) is 12.1 Å². The summed E-state index contributed by atoms with van der Waals surface area (Å²) in [6.45, 7) is 6.14. The first kappa shape index (κ1) is 26.2. The van der Waals surface area contributed by atoms with Crippen LogP contribution in [-0.4, -0.2) is 65.0 Å². The summed E-state index contributed by atoms with van der Waals surface area (Å²) in [4.78, 5) is -0.253. The minimum Gasteiger partial charge on any atom is -0.387 e. The molecule has 2 aromatic carbocycles. The van der Waals surface area contributed by atoms with Crippen LogP contribution in [0, 0.1) is 13.8 Å². The molecule has 5 atom stereocenters. The minimum absolute atomic E-state index is 0.110. The van der Waals surface area contributed by atoms with E-state index in [1.54, 1.807) is 52.0 Å². The van der Waals surface area contributed by atoms with Crippen molar-refractivity contribution in [2.45, 2.75) is 74.0 Å². The van der Waals surface area contributed by atoms with Gasteiger partial charge < -0.3 is 19.3 Å². The molecule has 2 aliphatic heterocycles. The molecule has 35 heavy (non-hydrogen) atoms. The molecule has 2 aliphatic rings. The molecule has 0 amide bonds. The third-order valence-electron chi connectivity index (χ3n) is 5.68. The van der Waals surface area contributed by atoms with E-state index in [0.717, 1.165) is 11.1 Å². The van der Waals surface area contributed by atoms with Crippen LogP contribution in [0.3, 0.4) is 0 Å². The zero-order valence-corrected chi connectivity index (χ0v) is 21.3. The summed E-state index contributed by atoms with van der Waals surface area (Å²) in [5.74, 6) is -1.02. The summed E-state index contributed by atoms with van der Waals surface area (Å²) in [7, 11) is -8.63. The number of aliphatic hydroxyl groups is 1. The quantitative estimate of drug-likeness (QED) is 0.507. The minimum atomic E-state index is -4.37. The molecule has 0 aliphatic carbocycles. The number of ether oxygens (including phenoxy) is 3. The zero-order valence-electron chi connectivity index (χ0n) is 19.7. The van der Waals surface area contributed by atoms with Crippen molar-refractivity contribution in [3.8, 4) is 0 Å². The average molecular weight is 529 g/mol. The fourth-order valence-electron chi connectivity index (χ4n) is 3.85. The topological polar surface area (TPSA) is 135 Å². The lowest BCUT2D eigenvalue weighted by Gasteiger charge is -2.28. The van der Waals surface area contributed by atoms with E-state index >= 15 is 0 Å². The first-order valence-electron chi connectivity index (χ1n) is 10.9.